The van der Waals surface area contributed by atoms with Crippen LogP contribution in [0.1, 0.15) is 71.4 Å². The van der Waals surface area contributed by atoms with E-state index >= 15 is 0 Å². The maximum absolute atomic E-state index is 13.1. The van der Waals surface area contributed by atoms with Crippen molar-refractivity contribution in [3.8, 4) is 40.3 Å². The second-order valence-corrected chi connectivity index (χ2v) is 14.8. The second kappa shape index (κ2) is 15.5. The maximum atomic E-state index is 13.1. The van der Waals surface area contributed by atoms with Crippen molar-refractivity contribution in [1.82, 2.24) is 29.7 Å². The number of hydrogen-bond acceptors (Lipinski definition) is 9. The Balaban J connectivity index is 0.683. The smallest absolute Gasteiger partial charge is 0.262 e. The molecule has 2 fully saturated rings. The lowest BCUT2D eigenvalue weighted by molar-refractivity contribution is -0.125. The molecule has 1 atom stereocenters. The number of aromatic nitrogens is 4. The molecule has 0 bridgehead atoms. The van der Waals surface area contributed by atoms with E-state index in [4.69, 9.17) is 14.2 Å². The van der Waals surface area contributed by atoms with Crippen molar-refractivity contribution in [2.45, 2.75) is 63.2 Å². The second-order valence-electron chi connectivity index (χ2n) is 14.8. The highest BCUT2D eigenvalue weighted by atomic mass is 16.5. The number of amides is 3. The van der Waals surface area contributed by atoms with Crippen LogP contribution in [0.2, 0.25) is 0 Å². The predicted molar refractivity (Wildman–Crippen MR) is 217 cm³/mol. The minimum absolute atomic E-state index is 0.0422. The number of aryl methyl sites for hydroxylation is 1. The number of nitrogens with one attached hydrogen (secondary N) is 1. The van der Waals surface area contributed by atoms with Crippen molar-refractivity contribution in [2.24, 2.45) is 7.05 Å². The summed E-state index contributed by atoms with van der Waals surface area (Å²) in [6, 6.07) is 20.2. The van der Waals surface area contributed by atoms with Crippen LogP contribution >= 0.6 is 0 Å². The quantitative estimate of drug-likeness (QED) is 0.0826. The van der Waals surface area contributed by atoms with Crippen LogP contribution < -0.4 is 19.5 Å². The predicted octanol–water partition coefficient (Wildman–Crippen LogP) is 7.16. The van der Waals surface area contributed by atoms with E-state index in [-0.39, 0.29) is 29.2 Å². The van der Waals surface area contributed by atoms with Gasteiger partial charge in [-0.3, -0.25) is 24.3 Å². The maximum Gasteiger partial charge on any atom is 0.262 e. The van der Waals surface area contributed by atoms with E-state index in [1.54, 1.807) is 24.4 Å². The van der Waals surface area contributed by atoms with Gasteiger partial charge in [-0.25, -0.2) is 9.97 Å². The Kier molecular flexibility index (Phi) is 9.79. The standard InChI is InChI=1S/C46H40N6O6/c1-28-8-16-41(44(53)50-28)52-45(54)37-15-13-32(24-38(37)46(52)55)56-20-6-4-3-5-7-31-11-12-33(26-48-31)57-34-22-35(23-34)58-43-17-10-30(25-49-43)29-9-14-36-39-27-47-19-18-40(39)51(2)42(36)21-29/h9-15,17-19,21,24-27,34-35,41H,1,3-4,6,8,16,20,22-23H2,2H3,(H,50,53). The highest BCUT2D eigenvalue weighted by molar-refractivity contribution is 6.23. The molecule has 2 aromatic carbocycles. The zero-order valence-electron chi connectivity index (χ0n) is 31.9. The SMILES string of the molecule is C=C1CCC(N2C(=O)c3ccc(OCCCCC#Cc4ccc(OC5CC(Oc6ccc(-c7ccc8c9cnccc9n(C)c8c7)cn6)C5)cn4)cc3C2=O)C(=O)N1. The first-order valence-electron chi connectivity index (χ1n) is 19.5. The summed E-state index contributed by atoms with van der Waals surface area (Å²) >= 11 is 0. The zero-order chi connectivity index (χ0) is 39.8. The van der Waals surface area contributed by atoms with Crippen LogP contribution in [0.4, 0.5) is 0 Å². The number of carbonyl (C=O) groups is 3. The number of piperidine rings is 1. The average Bonchev–Trinajstić information content (AvgIpc) is 3.65. The van der Waals surface area contributed by atoms with E-state index in [0.29, 0.717) is 54.6 Å². The van der Waals surface area contributed by atoms with E-state index in [1.807, 2.05) is 48.9 Å². The van der Waals surface area contributed by atoms with Crippen LogP contribution in [-0.4, -0.2) is 67.0 Å². The van der Waals surface area contributed by atoms with Crippen LogP contribution in [0, 0.1) is 11.8 Å². The van der Waals surface area contributed by atoms with Gasteiger partial charge in [-0.1, -0.05) is 24.6 Å². The lowest BCUT2D eigenvalue weighted by Crippen LogP contribution is -2.51. The third-order valence-corrected chi connectivity index (χ3v) is 11.0. The first-order chi connectivity index (χ1) is 28.3. The lowest BCUT2D eigenvalue weighted by atomic mass is 9.92. The minimum Gasteiger partial charge on any atom is -0.494 e. The molecule has 58 heavy (non-hydrogen) atoms. The molecule has 1 saturated carbocycles. The minimum atomic E-state index is -0.843. The molecular weight excluding hydrogens is 733 g/mol. The summed E-state index contributed by atoms with van der Waals surface area (Å²) < 4.78 is 20.3. The molecule has 6 heterocycles. The Labute approximate surface area is 334 Å². The Morgan fingerprint density at radius 3 is 2.45 bits per heavy atom. The molecule has 1 unspecified atom stereocenters. The van der Waals surface area contributed by atoms with Gasteiger partial charge in [0, 0.05) is 78.5 Å². The molecule has 1 N–H and O–H groups in total. The molecule has 2 aliphatic heterocycles. The first kappa shape index (κ1) is 36.6. The number of hydrogen-bond donors (Lipinski definition) is 1. The van der Waals surface area contributed by atoms with Crippen LogP contribution in [-0.2, 0) is 11.8 Å². The Bertz CT molecular complexity index is 2650. The van der Waals surface area contributed by atoms with E-state index in [1.165, 1.54) is 5.39 Å². The van der Waals surface area contributed by atoms with Crippen LogP contribution in [0.25, 0.3) is 32.9 Å². The van der Waals surface area contributed by atoms with Crippen molar-refractivity contribution >= 4 is 39.5 Å². The van der Waals surface area contributed by atoms with Gasteiger partial charge in [0.1, 0.15) is 35.4 Å². The number of fused-ring (bicyclic) bond motifs is 4. The van der Waals surface area contributed by atoms with Gasteiger partial charge in [0.15, 0.2) is 0 Å². The molecule has 12 heteroatoms. The highest BCUT2D eigenvalue weighted by Gasteiger charge is 2.44. The summed E-state index contributed by atoms with van der Waals surface area (Å²) in [5.41, 5.74) is 6.22. The molecule has 1 aliphatic carbocycles. The summed E-state index contributed by atoms with van der Waals surface area (Å²) in [4.78, 5) is 52.9. The number of pyridine rings is 3. The van der Waals surface area contributed by atoms with Crippen molar-refractivity contribution < 1.29 is 28.6 Å². The molecule has 12 nitrogen and oxygen atoms in total. The average molecular weight is 773 g/mol. The van der Waals surface area contributed by atoms with E-state index in [9.17, 15) is 14.4 Å². The van der Waals surface area contributed by atoms with E-state index in [0.717, 1.165) is 58.1 Å². The lowest BCUT2D eigenvalue weighted by Gasteiger charge is -2.34. The number of rotatable bonds is 11. The Hall–Kier alpha value is -7.00. The van der Waals surface area contributed by atoms with Gasteiger partial charge in [-0.05, 0) is 85.7 Å². The molecule has 0 spiro atoms. The summed E-state index contributed by atoms with van der Waals surface area (Å²) in [6.07, 6.45) is 12.0. The number of allylic oxidation sites excluding steroid dienone is 1. The summed E-state index contributed by atoms with van der Waals surface area (Å²) in [5.74, 6) is 6.73. The molecule has 9 rings (SSSR count). The molecule has 0 radical (unpaired) electrons. The number of carbonyl (C=O) groups excluding carboxylic acids is 3. The topological polar surface area (TPSA) is 138 Å². The van der Waals surface area contributed by atoms with Gasteiger partial charge in [0.2, 0.25) is 11.8 Å². The van der Waals surface area contributed by atoms with Gasteiger partial charge in [-0.15, -0.1) is 0 Å². The zero-order valence-corrected chi connectivity index (χ0v) is 31.9. The highest BCUT2D eigenvalue weighted by Crippen LogP contribution is 2.34. The molecule has 4 aromatic heterocycles. The third kappa shape index (κ3) is 7.23. The summed E-state index contributed by atoms with van der Waals surface area (Å²) in [6.45, 7) is 4.20. The first-order valence-corrected chi connectivity index (χ1v) is 19.5. The number of nitrogens with zero attached hydrogens (tertiary/aromatic N) is 5. The fourth-order valence-electron chi connectivity index (χ4n) is 7.73. The fraction of sp³-hybridized carbons (Fsp3) is 0.261. The van der Waals surface area contributed by atoms with E-state index in [2.05, 4.69) is 68.5 Å². The molecule has 1 saturated heterocycles. The molecule has 290 valence electrons. The van der Waals surface area contributed by atoms with Crippen LogP contribution in [0.3, 0.4) is 0 Å². The number of unbranched alkanes of at least 4 members (excludes halogenated alkanes) is 2. The van der Waals surface area contributed by atoms with Crippen molar-refractivity contribution in [3.63, 3.8) is 0 Å². The number of benzene rings is 2. The van der Waals surface area contributed by atoms with Crippen molar-refractivity contribution in [2.75, 3.05) is 6.61 Å². The summed E-state index contributed by atoms with van der Waals surface area (Å²) in [5, 5.41) is 4.97. The van der Waals surface area contributed by atoms with Gasteiger partial charge in [-0.2, -0.15) is 0 Å². The van der Waals surface area contributed by atoms with Crippen LogP contribution in [0.15, 0.2) is 104 Å². The summed E-state index contributed by atoms with van der Waals surface area (Å²) in [7, 11) is 2.08. The Morgan fingerprint density at radius 2 is 1.64 bits per heavy atom. The van der Waals surface area contributed by atoms with Gasteiger partial charge in [0.05, 0.1) is 29.4 Å². The van der Waals surface area contributed by atoms with Gasteiger partial charge >= 0.3 is 0 Å². The monoisotopic (exact) mass is 772 g/mol. The van der Waals surface area contributed by atoms with Crippen LogP contribution in [0.5, 0.6) is 17.4 Å². The number of ether oxygens (including phenoxy) is 3. The van der Waals surface area contributed by atoms with Crippen molar-refractivity contribution in [3.05, 3.63) is 121 Å². The molecule has 3 aliphatic rings. The normalized spacial score (nSPS) is 18.7. The van der Waals surface area contributed by atoms with Crippen molar-refractivity contribution in [1.29, 1.82) is 0 Å². The van der Waals surface area contributed by atoms with Gasteiger partial charge < -0.3 is 24.1 Å². The van der Waals surface area contributed by atoms with E-state index < -0.39 is 17.9 Å². The molecule has 3 amide bonds. The molecule has 6 aromatic rings. The Morgan fingerprint density at radius 1 is 0.810 bits per heavy atom. The molecular formula is C46H40N6O6. The fourth-order valence-corrected chi connectivity index (χ4v) is 7.73. The largest absolute Gasteiger partial charge is 0.494 e. The van der Waals surface area contributed by atoms with Gasteiger partial charge in [0.25, 0.3) is 11.8 Å². The number of imide groups is 1. The third-order valence-electron chi connectivity index (χ3n) is 11.0.